The second kappa shape index (κ2) is 7.00. The quantitative estimate of drug-likeness (QED) is 0.913. The third-order valence-electron chi connectivity index (χ3n) is 4.00. The molecule has 1 aliphatic rings. The van der Waals surface area contributed by atoms with Gasteiger partial charge in [0.1, 0.15) is 5.82 Å². The van der Waals surface area contributed by atoms with E-state index in [-0.39, 0.29) is 17.8 Å². The topological polar surface area (TPSA) is 49.6 Å². The minimum Gasteiger partial charge on any atom is -0.348 e. The van der Waals surface area contributed by atoms with E-state index in [2.05, 4.69) is 4.90 Å². The van der Waals surface area contributed by atoms with Crippen LogP contribution in [0.3, 0.4) is 0 Å². The maximum Gasteiger partial charge on any atom is 0.231 e. The lowest BCUT2D eigenvalue weighted by molar-refractivity contribution is -0.130. The average Bonchev–Trinajstić information content (AvgIpc) is 2.45. The van der Waals surface area contributed by atoms with Crippen LogP contribution in [-0.4, -0.2) is 55.5 Å². The molecule has 0 bridgehead atoms. The summed E-state index contributed by atoms with van der Waals surface area (Å²) >= 11 is 0. The average molecular weight is 293 g/mol. The zero-order valence-corrected chi connectivity index (χ0v) is 12.8. The van der Waals surface area contributed by atoms with Crippen molar-refractivity contribution in [1.82, 2.24) is 9.80 Å². The van der Waals surface area contributed by atoms with Crippen molar-refractivity contribution in [3.63, 3.8) is 0 Å². The van der Waals surface area contributed by atoms with Crippen LogP contribution in [0.25, 0.3) is 0 Å². The fourth-order valence-electron chi connectivity index (χ4n) is 2.89. The lowest BCUT2D eigenvalue weighted by Gasteiger charge is -2.34. The van der Waals surface area contributed by atoms with Crippen molar-refractivity contribution < 1.29 is 9.18 Å². The number of nitrogens with zero attached hydrogens (tertiary/aromatic N) is 2. The van der Waals surface area contributed by atoms with Gasteiger partial charge in [0.25, 0.3) is 0 Å². The summed E-state index contributed by atoms with van der Waals surface area (Å²) in [4.78, 5) is 16.2. The minimum absolute atomic E-state index is 0.0701. The van der Waals surface area contributed by atoms with Crippen LogP contribution in [0.4, 0.5) is 4.39 Å². The Morgan fingerprint density at radius 2 is 2.19 bits per heavy atom. The Hall–Kier alpha value is -1.46. The molecule has 2 unspecified atom stereocenters. The van der Waals surface area contributed by atoms with E-state index in [4.69, 9.17) is 5.73 Å². The summed E-state index contributed by atoms with van der Waals surface area (Å²) < 4.78 is 14.1. The zero-order valence-electron chi connectivity index (χ0n) is 12.8. The van der Waals surface area contributed by atoms with Crippen molar-refractivity contribution in [2.75, 3.05) is 33.7 Å². The molecule has 0 aromatic heterocycles. The van der Waals surface area contributed by atoms with Gasteiger partial charge in [-0.3, -0.25) is 4.79 Å². The Morgan fingerprint density at radius 1 is 1.48 bits per heavy atom. The van der Waals surface area contributed by atoms with Gasteiger partial charge in [-0.15, -0.1) is 0 Å². The minimum atomic E-state index is -0.480. The molecule has 1 aliphatic heterocycles. The Balaban J connectivity index is 2.20. The van der Waals surface area contributed by atoms with Gasteiger partial charge in [-0.2, -0.15) is 0 Å². The molecule has 0 aliphatic carbocycles. The van der Waals surface area contributed by atoms with Crippen LogP contribution in [0.15, 0.2) is 24.3 Å². The van der Waals surface area contributed by atoms with E-state index >= 15 is 0 Å². The molecule has 0 radical (unpaired) electrons. The van der Waals surface area contributed by atoms with Gasteiger partial charge >= 0.3 is 0 Å². The van der Waals surface area contributed by atoms with Crippen molar-refractivity contribution in [3.8, 4) is 0 Å². The van der Waals surface area contributed by atoms with Crippen LogP contribution in [-0.2, 0) is 4.79 Å². The summed E-state index contributed by atoms with van der Waals surface area (Å²) in [5.74, 6) is -0.871. The van der Waals surface area contributed by atoms with E-state index < -0.39 is 5.92 Å². The number of amides is 1. The van der Waals surface area contributed by atoms with Crippen molar-refractivity contribution >= 4 is 5.91 Å². The number of hydrogen-bond acceptors (Lipinski definition) is 3. The van der Waals surface area contributed by atoms with Crippen LogP contribution in [0.2, 0.25) is 0 Å². The summed E-state index contributed by atoms with van der Waals surface area (Å²) in [6.07, 6.45) is 2.05. The van der Waals surface area contributed by atoms with Gasteiger partial charge in [0, 0.05) is 38.8 Å². The van der Waals surface area contributed by atoms with Crippen LogP contribution >= 0.6 is 0 Å². The number of likely N-dealkylation sites (N-methyl/N-ethyl adjacent to an activating group) is 1. The monoisotopic (exact) mass is 293 g/mol. The SMILES string of the molecule is CN(C)C(=O)C(CN1CCCC(N)C1)c1ccccc1F. The fraction of sp³-hybridized carbons (Fsp3) is 0.562. The molecular weight excluding hydrogens is 269 g/mol. The maximum absolute atomic E-state index is 14.1. The Bertz CT molecular complexity index is 492. The maximum atomic E-state index is 14.1. The number of piperidine rings is 1. The van der Waals surface area contributed by atoms with Gasteiger partial charge in [-0.25, -0.2) is 4.39 Å². The van der Waals surface area contributed by atoms with Gasteiger partial charge in [0.2, 0.25) is 5.91 Å². The lowest BCUT2D eigenvalue weighted by Crippen LogP contribution is -2.46. The molecule has 21 heavy (non-hydrogen) atoms. The highest BCUT2D eigenvalue weighted by atomic mass is 19.1. The van der Waals surface area contributed by atoms with Crippen molar-refractivity contribution in [3.05, 3.63) is 35.6 Å². The molecule has 1 heterocycles. The smallest absolute Gasteiger partial charge is 0.231 e. The first kappa shape index (κ1) is 15.9. The summed E-state index contributed by atoms with van der Waals surface area (Å²) in [6.45, 7) is 2.21. The van der Waals surface area contributed by atoms with E-state index in [1.807, 2.05) is 0 Å². The Kier molecular flexibility index (Phi) is 5.31. The highest BCUT2D eigenvalue weighted by molar-refractivity contribution is 5.83. The molecule has 116 valence electrons. The number of carbonyl (C=O) groups is 1. The second-order valence-corrected chi connectivity index (χ2v) is 5.97. The van der Waals surface area contributed by atoms with E-state index in [0.717, 1.165) is 25.9 Å². The lowest BCUT2D eigenvalue weighted by atomic mass is 9.95. The first-order valence-electron chi connectivity index (χ1n) is 7.42. The molecule has 1 saturated heterocycles. The summed E-state index contributed by atoms with van der Waals surface area (Å²) in [5.41, 5.74) is 6.46. The normalized spacial score (nSPS) is 21.0. The molecule has 5 heteroatoms. The second-order valence-electron chi connectivity index (χ2n) is 5.97. The molecule has 2 N–H and O–H groups in total. The van der Waals surface area contributed by atoms with E-state index in [0.29, 0.717) is 12.1 Å². The molecule has 1 fully saturated rings. The third kappa shape index (κ3) is 4.02. The third-order valence-corrected chi connectivity index (χ3v) is 4.00. The number of benzene rings is 1. The van der Waals surface area contributed by atoms with Gasteiger partial charge in [-0.1, -0.05) is 18.2 Å². The Labute approximate surface area is 125 Å². The summed E-state index contributed by atoms with van der Waals surface area (Å²) in [6, 6.07) is 6.68. The van der Waals surface area contributed by atoms with Gasteiger partial charge in [-0.05, 0) is 25.5 Å². The van der Waals surface area contributed by atoms with E-state index in [1.54, 1.807) is 32.3 Å². The predicted molar refractivity (Wildman–Crippen MR) is 81.5 cm³/mol. The number of hydrogen-bond donors (Lipinski definition) is 1. The van der Waals surface area contributed by atoms with E-state index in [1.165, 1.54) is 11.0 Å². The molecule has 0 saturated carbocycles. The molecule has 1 aromatic rings. The number of likely N-dealkylation sites (tertiary alicyclic amines) is 1. The first-order valence-corrected chi connectivity index (χ1v) is 7.42. The molecule has 2 atom stereocenters. The largest absolute Gasteiger partial charge is 0.348 e. The molecule has 1 amide bonds. The van der Waals surface area contributed by atoms with Crippen molar-refractivity contribution in [2.45, 2.75) is 24.8 Å². The molecule has 2 rings (SSSR count). The van der Waals surface area contributed by atoms with Crippen LogP contribution in [0.5, 0.6) is 0 Å². The van der Waals surface area contributed by atoms with Gasteiger partial charge < -0.3 is 15.5 Å². The molecule has 0 spiro atoms. The van der Waals surface area contributed by atoms with Crippen LogP contribution in [0, 0.1) is 5.82 Å². The van der Waals surface area contributed by atoms with E-state index in [9.17, 15) is 9.18 Å². The number of carbonyl (C=O) groups excluding carboxylic acids is 1. The number of rotatable bonds is 4. The molecule has 1 aromatic carbocycles. The number of halogens is 1. The summed E-state index contributed by atoms with van der Waals surface area (Å²) in [7, 11) is 3.41. The molecular formula is C16H24FN3O. The van der Waals surface area contributed by atoms with Gasteiger partial charge in [0.15, 0.2) is 0 Å². The standard InChI is InChI=1S/C16H24FN3O/c1-19(2)16(21)14(13-7-3-4-8-15(13)17)11-20-9-5-6-12(18)10-20/h3-4,7-8,12,14H,5-6,9-11,18H2,1-2H3. The zero-order chi connectivity index (χ0) is 15.4. The summed E-state index contributed by atoms with van der Waals surface area (Å²) in [5, 5.41) is 0. The Morgan fingerprint density at radius 3 is 2.81 bits per heavy atom. The fourth-order valence-corrected chi connectivity index (χ4v) is 2.89. The van der Waals surface area contributed by atoms with Gasteiger partial charge in [0.05, 0.1) is 5.92 Å². The van der Waals surface area contributed by atoms with Crippen LogP contribution < -0.4 is 5.73 Å². The predicted octanol–water partition coefficient (Wildman–Crippen LogP) is 1.42. The van der Waals surface area contributed by atoms with Crippen LogP contribution in [0.1, 0.15) is 24.3 Å². The number of nitrogens with two attached hydrogens (primary N) is 1. The highest BCUT2D eigenvalue weighted by Crippen LogP contribution is 2.23. The van der Waals surface area contributed by atoms with Crippen molar-refractivity contribution in [2.24, 2.45) is 5.73 Å². The van der Waals surface area contributed by atoms with Crippen molar-refractivity contribution in [1.29, 1.82) is 0 Å². The molecule has 4 nitrogen and oxygen atoms in total. The first-order chi connectivity index (χ1) is 9.99. The highest BCUT2D eigenvalue weighted by Gasteiger charge is 2.28.